The van der Waals surface area contributed by atoms with Gasteiger partial charge in [-0.15, -0.1) is 0 Å². The summed E-state index contributed by atoms with van der Waals surface area (Å²) in [5, 5.41) is 10.7. The summed E-state index contributed by atoms with van der Waals surface area (Å²) in [7, 11) is 1.68. The number of amides is 1. The van der Waals surface area contributed by atoms with Crippen LogP contribution >= 0.6 is 0 Å². The molecule has 0 saturated heterocycles. The number of ether oxygens (including phenoxy) is 1. The van der Waals surface area contributed by atoms with Crippen LogP contribution in [0.5, 0.6) is 0 Å². The first-order chi connectivity index (χ1) is 15.4. The van der Waals surface area contributed by atoms with E-state index in [9.17, 15) is 19.5 Å². The van der Waals surface area contributed by atoms with Gasteiger partial charge in [0, 0.05) is 25.3 Å². The van der Waals surface area contributed by atoms with Crippen molar-refractivity contribution in [3.8, 4) is 0 Å². The quantitative estimate of drug-likeness (QED) is 0.653. The van der Waals surface area contributed by atoms with E-state index in [2.05, 4.69) is 0 Å². The highest BCUT2D eigenvalue weighted by atomic mass is 16.6. The molecule has 1 amide bonds. The summed E-state index contributed by atoms with van der Waals surface area (Å²) in [6.07, 6.45) is 4.33. The number of hydrogen-bond acceptors (Lipinski definition) is 5. The van der Waals surface area contributed by atoms with Crippen molar-refractivity contribution < 1.29 is 24.2 Å². The van der Waals surface area contributed by atoms with Gasteiger partial charge >= 0.3 is 12.1 Å². The van der Waals surface area contributed by atoms with E-state index in [1.54, 1.807) is 19.2 Å². The Morgan fingerprint density at radius 1 is 1.18 bits per heavy atom. The summed E-state index contributed by atoms with van der Waals surface area (Å²) >= 11 is 0. The number of hydrogen-bond donors (Lipinski definition) is 1. The summed E-state index contributed by atoms with van der Waals surface area (Å²) in [6.45, 7) is 7.37. The van der Waals surface area contributed by atoms with Gasteiger partial charge in [0.15, 0.2) is 0 Å². The number of aromatic nitrogens is 1. The first kappa shape index (κ1) is 24.4. The molecule has 0 spiro atoms. The molecule has 33 heavy (non-hydrogen) atoms. The summed E-state index contributed by atoms with van der Waals surface area (Å²) < 4.78 is 5.45. The topological polar surface area (TPSA) is 96.8 Å². The van der Waals surface area contributed by atoms with Crippen LogP contribution < -0.4 is 0 Å². The maximum atomic E-state index is 12.4. The summed E-state index contributed by atoms with van der Waals surface area (Å²) in [6, 6.07) is 9.31. The Labute approximate surface area is 194 Å². The standard InChI is InChI=1S/C26H32N2O5/c1-17(28(5)24(32)33-25(2,3)4)21-9-8-19-7-6-18(16-22(19)27-21)10-13-26(23(30)31)14-11-20(29)12-15-26/h6-10,13,16-17H,11-12,14-15H2,1-5H3,(H,30,31)/t17-/m1/s1. The van der Waals surface area contributed by atoms with E-state index < -0.39 is 23.1 Å². The van der Waals surface area contributed by atoms with Gasteiger partial charge in [-0.05, 0) is 58.2 Å². The number of Topliss-reactive ketones (excluding diaryl/α,β-unsaturated/α-hetero) is 1. The SMILES string of the molecule is C[C@H](c1ccc2ccc(C=CC3(C(=O)O)CCC(=O)CC3)cc2n1)N(C)C(=O)OC(C)(C)C. The molecule has 1 fully saturated rings. The lowest BCUT2D eigenvalue weighted by Crippen LogP contribution is -2.36. The van der Waals surface area contributed by atoms with Gasteiger partial charge in [-0.1, -0.05) is 30.4 Å². The lowest BCUT2D eigenvalue weighted by atomic mass is 9.73. The van der Waals surface area contributed by atoms with Crippen LogP contribution in [0.4, 0.5) is 4.79 Å². The van der Waals surface area contributed by atoms with E-state index in [1.165, 1.54) is 4.90 Å². The Kier molecular flexibility index (Phi) is 6.91. The fourth-order valence-corrected chi connectivity index (χ4v) is 3.86. The number of carboxylic acids is 1. The second kappa shape index (κ2) is 9.33. The minimum atomic E-state index is -1.01. The molecule has 0 radical (unpaired) electrons. The smallest absolute Gasteiger partial charge is 0.410 e. The summed E-state index contributed by atoms with van der Waals surface area (Å²) in [5.74, 6) is -0.778. The molecule has 1 saturated carbocycles. The highest BCUT2D eigenvalue weighted by Gasteiger charge is 2.39. The average Bonchev–Trinajstić information content (AvgIpc) is 2.76. The van der Waals surface area contributed by atoms with E-state index in [4.69, 9.17) is 9.72 Å². The number of fused-ring (bicyclic) bond motifs is 1. The average molecular weight is 453 g/mol. The van der Waals surface area contributed by atoms with Crippen LogP contribution in [-0.2, 0) is 14.3 Å². The number of ketones is 1. The Morgan fingerprint density at radius 3 is 2.42 bits per heavy atom. The zero-order valence-electron chi connectivity index (χ0n) is 19.9. The maximum absolute atomic E-state index is 12.4. The second-order valence-electron chi connectivity index (χ2n) is 9.79. The summed E-state index contributed by atoms with van der Waals surface area (Å²) in [4.78, 5) is 42.2. The number of benzene rings is 1. The molecule has 7 nitrogen and oxygen atoms in total. The van der Waals surface area contributed by atoms with Crippen LogP contribution in [0.15, 0.2) is 36.4 Å². The molecule has 1 aliphatic carbocycles. The molecule has 1 aliphatic rings. The molecule has 1 N–H and O–H groups in total. The first-order valence-electron chi connectivity index (χ1n) is 11.2. The Balaban J connectivity index is 1.84. The van der Waals surface area contributed by atoms with Gasteiger partial charge in [-0.3, -0.25) is 14.6 Å². The van der Waals surface area contributed by atoms with Gasteiger partial charge in [0.25, 0.3) is 0 Å². The zero-order valence-corrected chi connectivity index (χ0v) is 19.9. The van der Waals surface area contributed by atoms with E-state index in [-0.39, 0.29) is 11.8 Å². The van der Waals surface area contributed by atoms with Crippen LogP contribution in [0.1, 0.15) is 70.7 Å². The third kappa shape index (κ3) is 5.78. The lowest BCUT2D eigenvalue weighted by molar-refractivity contribution is -0.148. The Bertz CT molecular complexity index is 1090. The molecule has 1 atom stereocenters. The number of aliphatic carboxylic acids is 1. The van der Waals surface area contributed by atoms with Crippen molar-refractivity contribution in [2.24, 2.45) is 5.41 Å². The molecule has 0 bridgehead atoms. The van der Waals surface area contributed by atoms with Crippen LogP contribution in [-0.4, -0.2) is 45.5 Å². The van der Waals surface area contributed by atoms with Crippen LogP contribution in [0.25, 0.3) is 17.0 Å². The van der Waals surface area contributed by atoms with E-state index in [0.29, 0.717) is 25.7 Å². The predicted molar refractivity (Wildman–Crippen MR) is 127 cm³/mol. The first-order valence-corrected chi connectivity index (χ1v) is 11.2. The van der Waals surface area contributed by atoms with Gasteiger partial charge in [-0.25, -0.2) is 4.79 Å². The lowest BCUT2D eigenvalue weighted by Gasteiger charge is -2.29. The van der Waals surface area contributed by atoms with Crippen molar-refractivity contribution in [1.82, 2.24) is 9.88 Å². The summed E-state index contributed by atoms with van der Waals surface area (Å²) in [5.41, 5.74) is 0.718. The number of carbonyl (C=O) groups is 3. The third-order valence-corrected chi connectivity index (χ3v) is 6.15. The van der Waals surface area contributed by atoms with Gasteiger partial charge in [0.05, 0.1) is 22.7 Å². The number of pyridine rings is 1. The fraction of sp³-hybridized carbons (Fsp3) is 0.462. The molecule has 1 heterocycles. The molecule has 176 valence electrons. The molecule has 0 aliphatic heterocycles. The minimum absolute atomic E-state index is 0.119. The van der Waals surface area contributed by atoms with Crippen LogP contribution in [0.2, 0.25) is 0 Å². The molecular weight excluding hydrogens is 420 g/mol. The second-order valence-corrected chi connectivity index (χ2v) is 9.79. The predicted octanol–water partition coefficient (Wildman–Crippen LogP) is 5.39. The number of nitrogens with zero attached hydrogens (tertiary/aromatic N) is 2. The molecule has 2 aromatic rings. The molecular formula is C26H32N2O5. The Morgan fingerprint density at radius 2 is 1.82 bits per heavy atom. The van der Waals surface area contributed by atoms with E-state index in [0.717, 1.165) is 22.2 Å². The maximum Gasteiger partial charge on any atom is 0.410 e. The van der Waals surface area contributed by atoms with Gasteiger partial charge in [0.2, 0.25) is 0 Å². The largest absolute Gasteiger partial charge is 0.481 e. The third-order valence-electron chi connectivity index (χ3n) is 6.15. The van der Waals surface area contributed by atoms with Gasteiger partial charge < -0.3 is 14.7 Å². The van der Waals surface area contributed by atoms with Crippen molar-refractivity contribution in [2.45, 2.75) is 65.0 Å². The minimum Gasteiger partial charge on any atom is -0.481 e. The van der Waals surface area contributed by atoms with Crippen molar-refractivity contribution in [3.63, 3.8) is 0 Å². The van der Waals surface area contributed by atoms with Crippen molar-refractivity contribution in [3.05, 3.63) is 47.7 Å². The van der Waals surface area contributed by atoms with E-state index in [1.807, 2.05) is 58.0 Å². The number of rotatable bonds is 5. The molecule has 1 aromatic carbocycles. The van der Waals surface area contributed by atoms with Crippen molar-refractivity contribution in [1.29, 1.82) is 0 Å². The fourth-order valence-electron chi connectivity index (χ4n) is 3.86. The van der Waals surface area contributed by atoms with Crippen molar-refractivity contribution in [2.75, 3.05) is 7.05 Å². The van der Waals surface area contributed by atoms with Crippen LogP contribution in [0, 0.1) is 5.41 Å². The van der Waals surface area contributed by atoms with Crippen molar-refractivity contribution >= 4 is 34.8 Å². The zero-order chi connectivity index (χ0) is 24.4. The number of carbonyl (C=O) groups excluding carboxylic acids is 2. The monoisotopic (exact) mass is 452 g/mol. The van der Waals surface area contributed by atoms with Gasteiger partial charge in [-0.2, -0.15) is 0 Å². The molecule has 7 heteroatoms. The highest BCUT2D eigenvalue weighted by molar-refractivity contribution is 5.86. The highest BCUT2D eigenvalue weighted by Crippen LogP contribution is 2.37. The van der Waals surface area contributed by atoms with E-state index >= 15 is 0 Å². The number of carboxylic acid groups (broad SMARTS) is 1. The van der Waals surface area contributed by atoms with Crippen LogP contribution in [0.3, 0.4) is 0 Å². The normalized spacial score (nSPS) is 17.2. The molecule has 1 aromatic heterocycles. The molecule has 0 unspecified atom stereocenters. The van der Waals surface area contributed by atoms with Gasteiger partial charge in [0.1, 0.15) is 11.4 Å². The molecule has 3 rings (SSSR count). The Hall–Kier alpha value is -3.22.